The van der Waals surface area contributed by atoms with Crippen LogP contribution in [0.25, 0.3) is 10.8 Å². The van der Waals surface area contributed by atoms with Crippen LogP contribution in [0.3, 0.4) is 0 Å². The molecule has 0 amide bonds. The minimum atomic E-state index is -4.26. The second-order valence-corrected chi connectivity index (χ2v) is 5.51. The van der Waals surface area contributed by atoms with Crippen molar-refractivity contribution in [2.75, 3.05) is 5.32 Å². The molecule has 6 nitrogen and oxygen atoms in total. The van der Waals surface area contributed by atoms with Crippen molar-refractivity contribution in [3.63, 3.8) is 0 Å². The number of rotatable bonds is 3. The first kappa shape index (κ1) is 14.5. The second kappa shape index (κ2) is 5.63. The molecule has 21 heavy (non-hydrogen) atoms. The maximum atomic E-state index is 11.1. The van der Waals surface area contributed by atoms with Gasteiger partial charge in [-0.1, -0.05) is 18.2 Å². The van der Waals surface area contributed by atoms with Crippen LogP contribution in [0.15, 0.2) is 53.1 Å². The third kappa shape index (κ3) is 3.18. The van der Waals surface area contributed by atoms with E-state index in [9.17, 15) is 8.42 Å². The number of fused-ring (bicyclic) bond motifs is 1. The summed E-state index contributed by atoms with van der Waals surface area (Å²) < 4.78 is 31.3. The summed E-state index contributed by atoms with van der Waals surface area (Å²) >= 11 is 0. The van der Waals surface area contributed by atoms with E-state index in [1.54, 1.807) is 30.3 Å². The highest BCUT2D eigenvalue weighted by atomic mass is 32.2. The lowest BCUT2D eigenvalue weighted by Crippen LogP contribution is -1.98. The van der Waals surface area contributed by atoms with Gasteiger partial charge in [-0.05, 0) is 23.6 Å². The lowest BCUT2D eigenvalue weighted by atomic mass is 10.1. The zero-order valence-corrected chi connectivity index (χ0v) is 11.4. The first-order chi connectivity index (χ1) is 9.95. The molecule has 2 aromatic rings. The third-order valence-corrected chi connectivity index (χ3v) is 3.61. The number of hydrogen-bond donors (Lipinski definition) is 2. The molecule has 0 fully saturated rings. The van der Waals surface area contributed by atoms with E-state index in [4.69, 9.17) is 15.1 Å². The fourth-order valence-corrected chi connectivity index (χ4v) is 2.30. The van der Waals surface area contributed by atoms with Crippen LogP contribution in [-0.2, 0) is 10.1 Å². The molecule has 0 radical (unpaired) electrons. The molecule has 2 aromatic carbocycles. The van der Waals surface area contributed by atoms with Gasteiger partial charge in [-0.3, -0.25) is 4.55 Å². The van der Waals surface area contributed by atoms with Gasteiger partial charge in [0.15, 0.2) is 0 Å². The van der Waals surface area contributed by atoms with Gasteiger partial charge in [0.05, 0.1) is 4.90 Å². The highest BCUT2D eigenvalue weighted by molar-refractivity contribution is 7.85. The maximum Gasteiger partial charge on any atom is 0.294 e. The topological polar surface area (TPSA) is 114 Å². The van der Waals surface area contributed by atoms with E-state index in [-0.39, 0.29) is 10.5 Å². The highest BCUT2D eigenvalue weighted by Crippen LogP contribution is 2.26. The van der Waals surface area contributed by atoms with Crippen molar-refractivity contribution in [3.05, 3.63) is 48.2 Å². The molecule has 0 aromatic heterocycles. The Bertz CT molecular complexity index is 903. The molecule has 2 N–H and O–H groups in total. The van der Waals surface area contributed by atoms with Crippen molar-refractivity contribution in [2.45, 2.75) is 4.90 Å². The van der Waals surface area contributed by atoms with Gasteiger partial charge < -0.3 is 5.32 Å². The van der Waals surface area contributed by atoms with Gasteiger partial charge in [0.25, 0.3) is 10.1 Å². The Morgan fingerprint density at radius 2 is 1.90 bits per heavy atom. The smallest absolute Gasteiger partial charge is 0.294 e. The van der Waals surface area contributed by atoms with Gasteiger partial charge in [-0.25, -0.2) is 0 Å². The van der Waals surface area contributed by atoms with Crippen molar-refractivity contribution in [2.24, 2.45) is 0 Å². The number of nitrogens with zero attached hydrogens (tertiary/aromatic N) is 2. The van der Waals surface area contributed by atoms with Crippen molar-refractivity contribution in [1.82, 2.24) is 0 Å². The third-order valence-electron chi connectivity index (χ3n) is 2.76. The summed E-state index contributed by atoms with van der Waals surface area (Å²) in [7, 11) is -4.26. The molecule has 2 rings (SSSR count). The number of benzene rings is 2. The molecular formula is C14H9N3O3S. The standard InChI is InChI=1S/C14H9N3O3S/c15-7-10(8-16)9-17-14-3-1-2-11-6-12(21(18,19)20)4-5-13(11)14/h1-6,9,17H,(H,18,19,20). The minimum absolute atomic E-state index is 0.0819. The fourth-order valence-electron chi connectivity index (χ4n) is 1.79. The van der Waals surface area contributed by atoms with Crippen molar-refractivity contribution in [1.29, 1.82) is 10.5 Å². The van der Waals surface area contributed by atoms with Crippen molar-refractivity contribution >= 4 is 26.6 Å². The van der Waals surface area contributed by atoms with Crippen LogP contribution in [0, 0.1) is 22.7 Å². The molecule has 0 atom stereocenters. The van der Waals surface area contributed by atoms with E-state index in [1.807, 2.05) is 0 Å². The fraction of sp³-hybridized carbons (Fsp3) is 0. The molecule has 0 unspecified atom stereocenters. The zero-order chi connectivity index (χ0) is 15.5. The number of hydrogen-bond acceptors (Lipinski definition) is 5. The Morgan fingerprint density at radius 3 is 2.52 bits per heavy atom. The van der Waals surface area contributed by atoms with Crippen LogP contribution in [0.5, 0.6) is 0 Å². The molecular weight excluding hydrogens is 290 g/mol. The van der Waals surface area contributed by atoms with E-state index >= 15 is 0 Å². The van der Waals surface area contributed by atoms with Crippen LogP contribution in [-0.4, -0.2) is 13.0 Å². The predicted molar refractivity (Wildman–Crippen MR) is 76.7 cm³/mol. The Kier molecular flexibility index (Phi) is 3.90. The van der Waals surface area contributed by atoms with Gasteiger partial charge in [-0.2, -0.15) is 18.9 Å². The van der Waals surface area contributed by atoms with E-state index in [0.717, 1.165) is 0 Å². The van der Waals surface area contributed by atoms with Gasteiger partial charge in [0.2, 0.25) is 0 Å². The monoisotopic (exact) mass is 299 g/mol. The SMILES string of the molecule is N#CC(C#N)=CNc1cccc2cc(S(=O)(=O)O)ccc12. The second-order valence-electron chi connectivity index (χ2n) is 4.09. The van der Waals surface area contributed by atoms with Gasteiger partial charge in [-0.15, -0.1) is 0 Å². The minimum Gasteiger partial charge on any atom is -0.359 e. The molecule has 0 aliphatic rings. The molecule has 104 valence electrons. The summed E-state index contributed by atoms with van der Waals surface area (Å²) in [6.45, 7) is 0. The Balaban J connectivity index is 2.51. The molecule has 0 spiro atoms. The summed E-state index contributed by atoms with van der Waals surface area (Å²) in [6.07, 6.45) is 1.27. The first-order valence-electron chi connectivity index (χ1n) is 5.73. The zero-order valence-electron chi connectivity index (χ0n) is 10.6. The predicted octanol–water partition coefficient (Wildman–Crippen LogP) is 2.43. The van der Waals surface area contributed by atoms with Crippen molar-refractivity contribution in [3.8, 4) is 12.1 Å². The lowest BCUT2D eigenvalue weighted by molar-refractivity contribution is 0.483. The summed E-state index contributed by atoms with van der Waals surface area (Å²) in [5, 5.41) is 21.5. The summed E-state index contributed by atoms with van der Waals surface area (Å²) in [5.74, 6) is 0. The maximum absolute atomic E-state index is 11.1. The van der Waals surface area contributed by atoms with Crippen LogP contribution in [0.1, 0.15) is 0 Å². The van der Waals surface area contributed by atoms with E-state index in [1.165, 1.54) is 24.4 Å². The number of nitriles is 2. The van der Waals surface area contributed by atoms with E-state index in [2.05, 4.69) is 5.32 Å². The summed E-state index contributed by atoms with van der Waals surface area (Å²) in [4.78, 5) is -0.197. The number of anilines is 1. The summed E-state index contributed by atoms with van der Waals surface area (Å²) in [6, 6.07) is 12.7. The summed E-state index contributed by atoms with van der Waals surface area (Å²) in [5.41, 5.74) is 0.527. The van der Waals surface area contributed by atoms with Gasteiger partial charge >= 0.3 is 0 Å². The molecule has 0 saturated heterocycles. The normalized spacial score (nSPS) is 10.4. The van der Waals surface area contributed by atoms with Crippen LogP contribution in [0.2, 0.25) is 0 Å². The lowest BCUT2D eigenvalue weighted by Gasteiger charge is -2.07. The van der Waals surface area contributed by atoms with Crippen molar-refractivity contribution < 1.29 is 13.0 Å². The van der Waals surface area contributed by atoms with Gasteiger partial charge in [0, 0.05) is 17.3 Å². The average molecular weight is 299 g/mol. The average Bonchev–Trinajstić information content (AvgIpc) is 2.47. The Labute approximate surface area is 121 Å². The molecule has 0 aliphatic carbocycles. The molecule has 7 heteroatoms. The van der Waals surface area contributed by atoms with Crippen LogP contribution < -0.4 is 5.32 Å². The first-order valence-corrected chi connectivity index (χ1v) is 7.17. The quantitative estimate of drug-likeness (QED) is 0.664. The van der Waals surface area contributed by atoms with Crippen LogP contribution in [0.4, 0.5) is 5.69 Å². The largest absolute Gasteiger partial charge is 0.359 e. The molecule has 0 aliphatic heterocycles. The Hall–Kier alpha value is -2.87. The molecule has 0 saturated carbocycles. The molecule has 0 heterocycles. The molecule has 0 bridgehead atoms. The Morgan fingerprint density at radius 1 is 1.19 bits per heavy atom. The van der Waals surface area contributed by atoms with E-state index < -0.39 is 10.1 Å². The number of nitrogens with one attached hydrogen (secondary N) is 1. The van der Waals surface area contributed by atoms with Gasteiger partial charge in [0.1, 0.15) is 17.7 Å². The highest BCUT2D eigenvalue weighted by Gasteiger charge is 2.10. The van der Waals surface area contributed by atoms with E-state index in [0.29, 0.717) is 16.5 Å². The van der Waals surface area contributed by atoms with Crippen LogP contribution >= 0.6 is 0 Å². The number of allylic oxidation sites excluding steroid dienone is 1.